The second-order valence-electron chi connectivity index (χ2n) is 5.47. The predicted molar refractivity (Wildman–Crippen MR) is 81.5 cm³/mol. The predicted octanol–water partition coefficient (Wildman–Crippen LogP) is 1.46. The van der Waals surface area contributed by atoms with Crippen LogP contribution in [0.2, 0.25) is 0 Å². The summed E-state index contributed by atoms with van der Waals surface area (Å²) in [4.78, 5) is 12.3. The molecule has 3 N–H and O–H groups in total. The highest BCUT2D eigenvalue weighted by molar-refractivity contribution is 5.82. The smallest absolute Gasteiger partial charge is 0.227 e. The zero-order valence-corrected chi connectivity index (χ0v) is 13.4. The van der Waals surface area contributed by atoms with E-state index in [0.717, 1.165) is 30.7 Å². The molecule has 0 fully saturated rings. The van der Waals surface area contributed by atoms with Gasteiger partial charge in [-0.25, -0.2) is 0 Å². The fourth-order valence-electron chi connectivity index (χ4n) is 2.62. The Morgan fingerprint density at radius 1 is 1.35 bits per heavy atom. The molecule has 1 rings (SSSR count). The summed E-state index contributed by atoms with van der Waals surface area (Å²) >= 11 is 0. The highest BCUT2D eigenvalue weighted by atomic mass is 16.2. The van der Waals surface area contributed by atoms with E-state index in [-0.39, 0.29) is 5.91 Å². The molecule has 0 atom stereocenters. The molecular formula is C15H28N4O. The van der Waals surface area contributed by atoms with E-state index in [1.807, 2.05) is 32.5 Å². The van der Waals surface area contributed by atoms with E-state index in [1.54, 1.807) is 0 Å². The molecule has 0 saturated heterocycles. The van der Waals surface area contributed by atoms with Crippen molar-refractivity contribution in [1.29, 1.82) is 0 Å². The van der Waals surface area contributed by atoms with Crippen LogP contribution in [0.25, 0.3) is 0 Å². The molecule has 1 amide bonds. The van der Waals surface area contributed by atoms with Gasteiger partial charge in [0.25, 0.3) is 0 Å². The topological polar surface area (TPSA) is 72.9 Å². The largest absolute Gasteiger partial charge is 0.355 e. The number of nitrogens with zero attached hydrogens (tertiary/aromatic N) is 2. The number of aryl methyl sites for hydroxylation is 2. The van der Waals surface area contributed by atoms with Gasteiger partial charge >= 0.3 is 0 Å². The van der Waals surface area contributed by atoms with Gasteiger partial charge in [0, 0.05) is 25.8 Å². The Morgan fingerprint density at radius 3 is 2.35 bits per heavy atom. The van der Waals surface area contributed by atoms with E-state index in [1.165, 1.54) is 5.56 Å². The average molecular weight is 280 g/mol. The maximum absolute atomic E-state index is 12.3. The molecule has 0 aliphatic rings. The molecule has 114 valence electrons. The zero-order valence-electron chi connectivity index (χ0n) is 13.4. The monoisotopic (exact) mass is 280 g/mol. The summed E-state index contributed by atoms with van der Waals surface area (Å²) in [6.07, 6.45) is 2.36. The first-order chi connectivity index (χ1) is 9.41. The molecule has 5 heteroatoms. The number of carbonyl (C=O) groups excluding carboxylic acids is 1. The Balaban J connectivity index is 2.62. The average Bonchev–Trinajstić information content (AvgIpc) is 2.67. The van der Waals surface area contributed by atoms with Crippen LogP contribution in [0, 0.1) is 19.3 Å². The molecule has 1 heterocycles. The standard InChI is InChI=1S/C15H28N4O/c1-6-15(7-2,10-16)14(20)17-9-8-13-11(3)18-19(5)12(13)4/h6-10,16H2,1-5H3,(H,17,20). The molecule has 1 aromatic heterocycles. The van der Waals surface area contributed by atoms with Crippen LogP contribution in [-0.4, -0.2) is 28.8 Å². The van der Waals surface area contributed by atoms with Crippen LogP contribution < -0.4 is 11.1 Å². The van der Waals surface area contributed by atoms with E-state index < -0.39 is 5.41 Å². The van der Waals surface area contributed by atoms with E-state index in [9.17, 15) is 4.79 Å². The van der Waals surface area contributed by atoms with Crippen molar-refractivity contribution in [2.24, 2.45) is 18.2 Å². The number of hydrogen-bond acceptors (Lipinski definition) is 3. The SMILES string of the molecule is CCC(CC)(CN)C(=O)NCCc1c(C)nn(C)c1C. The molecule has 0 saturated carbocycles. The molecule has 0 aliphatic heterocycles. The summed E-state index contributed by atoms with van der Waals surface area (Å²) in [5, 5.41) is 7.42. The summed E-state index contributed by atoms with van der Waals surface area (Å²) in [7, 11) is 1.94. The van der Waals surface area contributed by atoms with Gasteiger partial charge in [0.15, 0.2) is 0 Å². The lowest BCUT2D eigenvalue weighted by Gasteiger charge is -2.28. The van der Waals surface area contributed by atoms with Gasteiger partial charge in [0.05, 0.1) is 11.1 Å². The van der Waals surface area contributed by atoms with Gasteiger partial charge in [-0.05, 0) is 38.7 Å². The third kappa shape index (κ3) is 3.20. The van der Waals surface area contributed by atoms with E-state index in [2.05, 4.69) is 17.3 Å². The number of carbonyl (C=O) groups is 1. The minimum atomic E-state index is -0.418. The lowest BCUT2D eigenvalue weighted by atomic mass is 9.81. The van der Waals surface area contributed by atoms with Crippen LogP contribution in [0.5, 0.6) is 0 Å². The number of hydrogen-bond donors (Lipinski definition) is 2. The summed E-state index contributed by atoms with van der Waals surface area (Å²) in [5.41, 5.74) is 8.79. The van der Waals surface area contributed by atoms with Gasteiger partial charge in [-0.3, -0.25) is 9.48 Å². The first kappa shape index (κ1) is 16.7. The van der Waals surface area contributed by atoms with Crippen molar-refractivity contribution in [3.8, 4) is 0 Å². The van der Waals surface area contributed by atoms with Gasteiger partial charge in [-0.2, -0.15) is 5.10 Å². The second kappa shape index (κ2) is 6.88. The van der Waals surface area contributed by atoms with E-state index in [4.69, 9.17) is 5.73 Å². The number of rotatable bonds is 7. The molecule has 0 bridgehead atoms. The maximum atomic E-state index is 12.3. The molecule has 20 heavy (non-hydrogen) atoms. The molecule has 0 radical (unpaired) electrons. The fourth-order valence-corrected chi connectivity index (χ4v) is 2.62. The third-order valence-corrected chi connectivity index (χ3v) is 4.55. The molecule has 5 nitrogen and oxygen atoms in total. The second-order valence-corrected chi connectivity index (χ2v) is 5.47. The Morgan fingerprint density at radius 2 is 1.95 bits per heavy atom. The molecule has 0 aliphatic carbocycles. The zero-order chi connectivity index (χ0) is 15.3. The van der Waals surface area contributed by atoms with Crippen LogP contribution in [0.15, 0.2) is 0 Å². The van der Waals surface area contributed by atoms with Crippen molar-refractivity contribution in [3.63, 3.8) is 0 Å². The van der Waals surface area contributed by atoms with E-state index >= 15 is 0 Å². The van der Waals surface area contributed by atoms with Crippen molar-refractivity contribution in [2.75, 3.05) is 13.1 Å². The minimum Gasteiger partial charge on any atom is -0.355 e. The van der Waals surface area contributed by atoms with E-state index in [0.29, 0.717) is 13.1 Å². The molecule has 0 aromatic carbocycles. The van der Waals surface area contributed by atoms with Crippen molar-refractivity contribution >= 4 is 5.91 Å². The number of nitrogens with two attached hydrogens (primary N) is 1. The summed E-state index contributed by atoms with van der Waals surface area (Å²) in [6.45, 7) is 9.13. The maximum Gasteiger partial charge on any atom is 0.227 e. The quantitative estimate of drug-likeness (QED) is 0.794. The normalized spacial score (nSPS) is 11.7. The number of amides is 1. The van der Waals surface area contributed by atoms with Crippen LogP contribution in [0.1, 0.15) is 43.6 Å². The molecule has 0 unspecified atom stereocenters. The number of aromatic nitrogens is 2. The Labute approximate surface area is 121 Å². The lowest BCUT2D eigenvalue weighted by Crippen LogP contribution is -2.45. The molecule has 0 spiro atoms. The Hall–Kier alpha value is -1.36. The highest BCUT2D eigenvalue weighted by Gasteiger charge is 2.32. The van der Waals surface area contributed by atoms with Gasteiger partial charge in [0.1, 0.15) is 0 Å². The summed E-state index contributed by atoms with van der Waals surface area (Å²) in [6, 6.07) is 0. The Bertz CT molecular complexity index is 452. The highest BCUT2D eigenvalue weighted by Crippen LogP contribution is 2.24. The molecular weight excluding hydrogens is 252 g/mol. The lowest BCUT2D eigenvalue weighted by molar-refractivity contribution is -0.131. The van der Waals surface area contributed by atoms with Crippen molar-refractivity contribution < 1.29 is 4.79 Å². The van der Waals surface area contributed by atoms with Crippen molar-refractivity contribution in [1.82, 2.24) is 15.1 Å². The Kier molecular flexibility index (Phi) is 5.74. The van der Waals surface area contributed by atoms with Crippen LogP contribution >= 0.6 is 0 Å². The first-order valence-corrected chi connectivity index (χ1v) is 7.39. The van der Waals surface area contributed by atoms with Crippen molar-refractivity contribution in [3.05, 3.63) is 17.0 Å². The van der Waals surface area contributed by atoms with Crippen LogP contribution in [0.3, 0.4) is 0 Å². The number of nitrogens with one attached hydrogen (secondary N) is 1. The summed E-state index contributed by atoms with van der Waals surface area (Å²) in [5.74, 6) is 0.0733. The van der Waals surface area contributed by atoms with Crippen molar-refractivity contribution in [2.45, 2.75) is 47.0 Å². The first-order valence-electron chi connectivity index (χ1n) is 7.39. The van der Waals surface area contributed by atoms with Gasteiger partial charge in [0.2, 0.25) is 5.91 Å². The van der Waals surface area contributed by atoms with Crippen LogP contribution in [-0.2, 0) is 18.3 Å². The minimum absolute atomic E-state index is 0.0733. The van der Waals surface area contributed by atoms with Gasteiger partial charge < -0.3 is 11.1 Å². The van der Waals surface area contributed by atoms with Gasteiger partial charge in [-0.15, -0.1) is 0 Å². The third-order valence-electron chi connectivity index (χ3n) is 4.55. The summed E-state index contributed by atoms with van der Waals surface area (Å²) < 4.78 is 1.88. The van der Waals surface area contributed by atoms with Crippen LogP contribution in [0.4, 0.5) is 0 Å². The van der Waals surface area contributed by atoms with Gasteiger partial charge in [-0.1, -0.05) is 13.8 Å². The molecule has 1 aromatic rings. The fraction of sp³-hybridized carbons (Fsp3) is 0.733.